The predicted octanol–water partition coefficient (Wildman–Crippen LogP) is 4.79. The van der Waals surface area contributed by atoms with Gasteiger partial charge in [-0.3, -0.25) is 0 Å². The van der Waals surface area contributed by atoms with Crippen LogP contribution in [0.1, 0.15) is 53.3 Å². The Hall–Kier alpha value is -2.62. The van der Waals surface area contributed by atoms with Crippen LogP contribution in [0.3, 0.4) is 0 Å². The second-order valence-electron chi connectivity index (χ2n) is 5.60. The lowest BCUT2D eigenvalue weighted by molar-refractivity contribution is 0.0487. The van der Waals surface area contributed by atoms with Crippen molar-refractivity contribution in [1.82, 2.24) is 0 Å². The van der Waals surface area contributed by atoms with E-state index in [1.165, 1.54) is 6.07 Å². The summed E-state index contributed by atoms with van der Waals surface area (Å²) in [7, 11) is 0. The highest BCUT2D eigenvalue weighted by Gasteiger charge is 2.22. The van der Waals surface area contributed by atoms with E-state index in [1.54, 1.807) is 12.1 Å². The minimum absolute atomic E-state index is 0.0118. The third kappa shape index (κ3) is 4.44. The summed E-state index contributed by atoms with van der Waals surface area (Å²) in [6, 6.07) is 14.1. The average molecular weight is 326 g/mol. The van der Waals surface area contributed by atoms with E-state index in [-0.39, 0.29) is 11.1 Å². The second-order valence-corrected chi connectivity index (χ2v) is 5.60. The van der Waals surface area contributed by atoms with Crippen molar-refractivity contribution in [1.29, 1.82) is 0 Å². The first-order valence-corrected chi connectivity index (χ1v) is 8.24. The fraction of sp³-hybridized carbons (Fsp3) is 0.300. The van der Waals surface area contributed by atoms with E-state index >= 15 is 0 Å². The SMILES string of the molecule is CCCCCCOC(=O)c1cccc(-c2ccccc2)c1C(=O)O. The molecule has 0 spiro atoms. The largest absolute Gasteiger partial charge is 0.478 e. The van der Waals surface area contributed by atoms with E-state index in [2.05, 4.69) is 6.92 Å². The van der Waals surface area contributed by atoms with Crippen LogP contribution >= 0.6 is 0 Å². The van der Waals surface area contributed by atoms with Crippen LogP contribution in [0, 0.1) is 0 Å². The summed E-state index contributed by atoms with van der Waals surface area (Å²) >= 11 is 0. The number of aromatic carboxylic acids is 1. The number of carbonyl (C=O) groups is 2. The Morgan fingerprint density at radius 2 is 1.71 bits per heavy atom. The van der Waals surface area contributed by atoms with Crippen LogP contribution in [0.15, 0.2) is 48.5 Å². The summed E-state index contributed by atoms with van der Waals surface area (Å²) in [4.78, 5) is 24.0. The molecule has 24 heavy (non-hydrogen) atoms. The summed E-state index contributed by atoms with van der Waals surface area (Å²) in [6.07, 6.45) is 4.00. The normalized spacial score (nSPS) is 10.4. The van der Waals surface area contributed by atoms with Crippen LogP contribution in [-0.2, 0) is 4.74 Å². The first-order valence-electron chi connectivity index (χ1n) is 8.24. The molecule has 0 aliphatic carbocycles. The van der Waals surface area contributed by atoms with Gasteiger partial charge in [0.05, 0.1) is 17.7 Å². The highest BCUT2D eigenvalue weighted by molar-refractivity contribution is 6.07. The van der Waals surface area contributed by atoms with Gasteiger partial charge in [-0.25, -0.2) is 9.59 Å². The van der Waals surface area contributed by atoms with Crippen molar-refractivity contribution in [2.75, 3.05) is 6.61 Å². The first kappa shape index (κ1) is 17.7. The van der Waals surface area contributed by atoms with Crippen LogP contribution in [0.25, 0.3) is 11.1 Å². The zero-order valence-electron chi connectivity index (χ0n) is 13.8. The van der Waals surface area contributed by atoms with Crippen LogP contribution in [0.4, 0.5) is 0 Å². The van der Waals surface area contributed by atoms with Crippen LogP contribution < -0.4 is 0 Å². The molecule has 0 radical (unpaired) electrons. The maximum absolute atomic E-state index is 12.3. The molecule has 2 rings (SSSR count). The molecule has 0 aliphatic rings. The van der Waals surface area contributed by atoms with E-state index in [0.29, 0.717) is 12.2 Å². The molecular weight excluding hydrogens is 304 g/mol. The first-order chi connectivity index (χ1) is 11.6. The molecule has 4 nitrogen and oxygen atoms in total. The molecule has 0 saturated heterocycles. The topological polar surface area (TPSA) is 63.6 Å². The molecule has 0 unspecified atom stereocenters. The standard InChI is InChI=1S/C20H22O4/c1-2-3-4-8-14-24-20(23)17-13-9-12-16(18(17)19(21)22)15-10-6-5-7-11-15/h5-7,9-13H,2-4,8,14H2,1H3,(H,21,22). The van der Waals surface area contributed by atoms with E-state index in [4.69, 9.17) is 4.74 Å². The fourth-order valence-corrected chi connectivity index (χ4v) is 2.58. The third-order valence-electron chi connectivity index (χ3n) is 3.81. The lowest BCUT2D eigenvalue weighted by atomic mass is 9.95. The van der Waals surface area contributed by atoms with Gasteiger partial charge in [0.25, 0.3) is 0 Å². The van der Waals surface area contributed by atoms with Crippen molar-refractivity contribution < 1.29 is 19.4 Å². The highest BCUT2D eigenvalue weighted by atomic mass is 16.5. The molecule has 0 aliphatic heterocycles. The van der Waals surface area contributed by atoms with Gasteiger partial charge >= 0.3 is 11.9 Å². The Balaban J connectivity index is 2.24. The molecule has 126 valence electrons. The highest BCUT2D eigenvalue weighted by Crippen LogP contribution is 2.27. The number of carbonyl (C=O) groups excluding carboxylic acids is 1. The summed E-state index contributed by atoms with van der Waals surface area (Å²) in [6.45, 7) is 2.42. The monoisotopic (exact) mass is 326 g/mol. The average Bonchev–Trinajstić information content (AvgIpc) is 2.61. The number of hydrogen-bond donors (Lipinski definition) is 1. The van der Waals surface area contributed by atoms with Gasteiger partial charge in [-0.15, -0.1) is 0 Å². The molecule has 0 saturated carbocycles. The zero-order chi connectivity index (χ0) is 17.4. The molecule has 2 aromatic rings. The van der Waals surface area contributed by atoms with Gasteiger partial charge in [0.1, 0.15) is 0 Å². The third-order valence-corrected chi connectivity index (χ3v) is 3.81. The van der Waals surface area contributed by atoms with Crippen molar-refractivity contribution in [2.24, 2.45) is 0 Å². The van der Waals surface area contributed by atoms with Gasteiger partial charge in [-0.2, -0.15) is 0 Å². The van der Waals surface area contributed by atoms with Crippen molar-refractivity contribution in [3.63, 3.8) is 0 Å². The van der Waals surface area contributed by atoms with Gasteiger partial charge in [-0.1, -0.05) is 68.7 Å². The van der Waals surface area contributed by atoms with Gasteiger partial charge in [0.2, 0.25) is 0 Å². The number of rotatable bonds is 8. The molecule has 0 heterocycles. The predicted molar refractivity (Wildman–Crippen MR) is 93.3 cm³/mol. The van der Waals surface area contributed by atoms with Gasteiger partial charge in [0.15, 0.2) is 0 Å². The van der Waals surface area contributed by atoms with E-state index in [1.807, 2.05) is 30.3 Å². The Kier molecular flexibility index (Phi) is 6.55. The minimum atomic E-state index is -1.13. The van der Waals surface area contributed by atoms with E-state index in [9.17, 15) is 14.7 Å². The number of unbranched alkanes of at least 4 members (excludes halogenated alkanes) is 3. The molecule has 2 aromatic carbocycles. The smallest absolute Gasteiger partial charge is 0.339 e. The molecule has 0 bridgehead atoms. The summed E-state index contributed by atoms with van der Waals surface area (Å²) in [5.74, 6) is -1.71. The fourth-order valence-electron chi connectivity index (χ4n) is 2.58. The zero-order valence-corrected chi connectivity index (χ0v) is 13.8. The van der Waals surface area contributed by atoms with Crippen LogP contribution in [0.2, 0.25) is 0 Å². The maximum Gasteiger partial charge on any atom is 0.339 e. The van der Waals surface area contributed by atoms with Crippen LogP contribution in [0.5, 0.6) is 0 Å². The Morgan fingerprint density at radius 1 is 0.958 bits per heavy atom. The van der Waals surface area contributed by atoms with Gasteiger partial charge < -0.3 is 9.84 Å². The Morgan fingerprint density at radius 3 is 2.38 bits per heavy atom. The summed E-state index contributed by atoms with van der Waals surface area (Å²) in [5, 5.41) is 9.59. The molecule has 0 atom stereocenters. The quantitative estimate of drug-likeness (QED) is 0.559. The van der Waals surface area contributed by atoms with Gasteiger partial charge in [-0.05, 0) is 23.6 Å². The molecular formula is C20H22O4. The van der Waals surface area contributed by atoms with Crippen molar-refractivity contribution in [3.05, 3.63) is 59.7 Å². The molecule has 4 heteroatoms. The second kappa shape index (κ2) is 8.87. The van der Waals surface area contributed by atoms with Crippen molar-refractivity contribution >= 4 is 11.9 Å². The Bertz CT molecular complexity index is 692. The molecule has 1 N–H and O–H groups in total. The number of carboxylic acid groups (broad SMARTS) is 1. The molecule has 0 aromatic heterocycles. The number of hydrogen-bond acceptors (Lipinski definition) is 3. The van der Waals surface area contributed by atoms with E-state index < -0.39 is 11.9 Å². The number of ether oxygens (including phenoxy) is 1. The lowest BCUT2D eigenvalue weighted by Crippen LogP contribution is -2.13. The van der Waals surface area contributed by atoms with E-state index in [0.717, 1.165) is 31.2 Å². The van der Waals surface area contributed by atoms with Crippen molar-refractivity contribution in [3.8, 4) is 11.1 Å². The minimum Gasteiger partial charge on any atom is -0.478 e. The molecule has 0 fully saturated rings. The molecule has 0 amide bonds. The van der Waals surface area contributed by atoms with Gasteiger partial charge in [0, 0.05) is 0 Å². The number of carboxylic acids is 1. The lowest BCUT2D eigenvalue weighted by Gasteiger charge is -2.11. The maximum atomic E-state index is 12.3. The number of benzene rings is 2. The Labute approximate surface area is 142 Å². The summed E-state index contributed by atoms with van der Waals surface area (Å²) in [5.41, 5.74) is 1.36. The van der Waals surface area contributed by atoms with Crippen molar-refractivity contribution in [2.45, 2.75) is 32.6 Å². The summed E-state index contributed by atoms with van der Waals surface area (Å²) < 4.78 is 5.25. The van der Waals surface area contributed by atoms with Crippen LogP contribution in [-0.4, -0.2) is 23.7 Å². The number of esters is 1.